The van der Waals surface area contributed by atoms with Gasteiger partial charge in [-0.25, -0.2) is 0 Å². The number of rotatable bonds is 3. The van der Waals surface area contributed by atoms with Crippen LogP contribution in [0.4, 0.5) is 0 Å². The van der Waals surface area contributed by atoms with Crippen molar-refractivity contribution in [3.05, 3.63) is 69.8 Å². The zero-order chi connectivity index (χ0) is 14.9. The minimum atomic E-state index is 0.316. The van der Waals surface area contributed by atoms with Gasteiger partial charge in [0, 0.05) is 0 Å². The van der Waals surface area contributed by atoms with Crippen LogP contribution in [-0.2, 0) is 0 Å². The lowest BCUT2D eigenvalue weighted by Crippen LogP contribution is -2.23. The summed E-state index contributed by atoms with van der Waals surface area (Å²) in [6.07, 6.45) is 0. The van der Waals surface area contributed by atoms with Crippen LogP contribution in [0.3, 0.4) is 0 Å². The number of aryl methyl sites for hydroxylation is 4. The van der Waals surface area contributed by atoms with Crippen molar-refractivity contribution in [3.63, 3.8) is 0 Å². The van der Waals surface area contributed by atoms with Gasteiger partial charge >= 0.3 is 0 Å². The summed E-state index contributed by atoms with van der Waals surface area (Å²) in [5, 5.41) is 0. The van der Waals surface area contributed by atoms with E-state index in [0.29, 0.717) is 6.04 Å². The molecule has 0 aliphatic heterocycles. The van der Waals surface area contributed by atoms with Gasteiger partial charge in [0.15, 0.2) is 0 Å². The SMILES string of the molecule is Cc1cc(C)c(C(c2ccccc2C)N(C)C)c(C)c1. The van der Waals surface area contributed by atoms with Gasteiger partial charge in [-0.15, -0.1) is 0 Å². The summed E-state index contributed by atoms with van der Waals surface area (Å²) < 4.78 is 0. The zero-order valence-electron chi connectivity index (χ0n) is 13.5. The number of hydrogen-bond donors (Lipinski definition) is 0. The van der Waals surface area contributed by atoms with E-state index in [-0.39, 0.29) is 0 Å². The van der Waals surface area contributed by atoms with Crippen LogP contribution in [0.25, 0.3) is 0 Å². The second kappa shape index (κ2) is 5.80. The molecule has 0 aromatic heterocycles. The predicted octanol–water partition coefficient (Wildman–Crippen LogP) is 4.57. The maximum Gasteiger partial charge on any atom is 0.0604 e. The van der Waals surface area contributed by atoms with Gasteiger partial charge in [-0.1, -0.05) is 42.0 Å². The van der Waals surface area contributed by atoms with Gasteiger partial charge in [-0.2, -0.15) is 0 Å². The Morgan fingerprint density at radius 2 is 1.35 bits per heavy atom. The molecule has 0 aliphatic rings. The lowest BCUT2D eigenvalue weighted by Gasteiger charge is -2.30. The van der Waals surface area contributed by atoms with Crippen molar-refractivity contribution in [1.82, 2.24) is 4.90 Å². The largest absolute Gasteiger partial charge is 0.299 e. The topological polar surface area (TPSA) is 3.24 Å². The Morgan fingerprint density at radius 1 is 0.800 bits per heavy atom. The van der Waals surface area contributed by atoms with Crippen LogP contribution in [0.2, 0.25) is 0 Å². The molecule has 1 atom stereocenters. The molecular weight excluding hydrogens is 242 g/mol. The number of benzene rings is 2. The molecule has 0 aliphatic carbocycles. The summed E-state index contributed by atoms with van der Waals surface area (Å²) >= 11 is 0. The first-order valence-electron chi connectivity index (χ1n) is 7.21. The van der Waals surface area contributed by atoms with Gasteiger partial charge in [0.2, 0.25) is 0 Å². The first-order valence-corrected chi connectivity index (χ1v) is 7.21. The molecule has 0 saturated heterocycles. The van der Waals surface area contributed by atoms with Crippen molar-refractivity contribution >= 4 is 0 Å². The van der Waals surface area contributed by atoms with E-state index < -0.39 is 0 Å². The fraction of sp³-hybridized carbons (Fsp3) is 0.368. The van der Waals surface area contributed by atoms with Crippen molar-refractivity contribution in [3.8, 4) is 0 Å². The molecule has 0 bridgehead atoms. The average Bonchev–Trinajstić information content (AvgIpc) is 2.34. The van der Waals surface area contributed by atoms with Gasteiger partial charge in [0.05, 0.1) is 6.04 Å². The second-order valence-corrected chi connectivity index (χ2v) is 6.04. The molecule has 0 fully saturated rings. The predicted molar refractivity (Wildman–Crippen MR) is 87.4 cm³/mol. The highest BCUT2D eigenvalue weighted by atomic mass is 15.1. The van der Waals surface area contributed by atoms with E-state index in [2.05, 4.69) is 83.1 Å². The van der Waals surface area contributed by atoms with E-state index in [1.807, 2.05) is 0 Å². The highest BCUT2D eigenvalue weighted by Gasteiger charge is 2.21. The maximum absolute atomic E-state index is 2.31. The third kappa shape index (κ3) is 2.78. The van der Waals surface area contributed by atoms with Crippen molar-refractivity contribution < 1.29 is 0 Å². The highest BCUT2D eigenvalue weighted by molar-refractivity contribution is 5.45. The standard InChI is InChI=1S/C19H25N/c1-13-11-15(3)18(16(4)12-13)19(20(5)6)17-10-8-7-9-14(17)2/h7-12,19H,1-6H3. The molecule has 1 heteroatoms. The van der Waals surface area contributed by atoms with E-state index >= 15 is 0 Å². The van der Waals surface area contributed by atoms with Crippen molar-refractivity contribution in [2.45, 2.75) is 33.7 Å². The Morgan fingerprint density at radius 3 is 1.85 bits per heavy atom. The molecule has 0 amide bonds. The summed E-state index contributed by atoms with van der Waals surface area (Å²) in [6, 6.07) is 13.6. The smallest absolute Gasteiger partial charge is 0.0604 e. The normalized spacial score (nSPS) is 12.8. The first kappa shape index (κ1) is 14.8. The molecular formula is C19H25N. The third-order valence-corrected chi connectivity index (χ3v) is 4.01. The quantitative estimate of drug-likeness (QED) is 0.787. The molecule has 1 unspecified atom stereocenters. The molecule has 2 aromatic rings. The number of nitrogens with zero attached hydrogens (tertiary/aromatic N) is 1. The van der Waals surface area contributed by atoms with Crippen LogP contribution < -0.4 is 0 Å². The van der Waals surface area contributed by atoms with Gasteiger partial charge < -0.3 is 0 Å². The average molecular weight is 267 g/mol. The summed E-state index contributed by atoms with van der Waals surface area (Å²) in [4.78, 5) is 2.31. The minimum Gasteiger partial charge on any atom is -0.299 e. The number of hydrogen-bond acceptors (Lipinski definition) is 1. The maximum atomic E-state index is 2.31. The van der Waals surface area contributed by atoms with Gasteiger partial charge in [0.1, 0.15) is 0 Å². The van der Waals surface area contributed by atoms with Gasteiger partial charge in [-0.3, -0.25) is 4.90 Å². The zero-order valence-corrected chi connectivity index (χ0v) is 13.5. The van der Waals surface area contributed by atoms with Crippen LogP contribution in [0.1, 0.15) is 39.4 Å². The van der Waals surface area contributed by atoms with E-state index in [9.17, 15) is 0 Å². The Labute approximate surface area is 123 Å². The second-order valence-electron chi connectivity index (χ2n) is 6.04. The molecule has 1 nitrogen and oxygen atoms in total. The van der Waals surface area contributed by atoms with Crippen LogP contribution in [0.15, 0.2) is 36.4 Å². The lowest BCUT2D eigenvalue weighted by molar-refractivity contribution is 0.339. The molecule has 0 spiro atoms. The summed E-state index contributed by atoms with van der Waals surface area (Å²) in [5.74, 6) is 0. The third-order valence-electron chi connectivity index (χ3n) is 4.01. The van der Waals surface area contributed by atoms with E-state index in [4.69, 9.17) is 0 Å². The Hall–Kier alpha value is -1.60. The first-order chi connectivity index (χ1) is 9.41. The molecule has 20 heavy (non-hydrogen) atoms. The Kier molecular flexibility index (Phi) is 4.29. The van der Waals surface area contributed by atoms with Crippen molar-refractivity contribution in [2.24, 2.45) is 0 Å². The molecule has 2 rings (SSSR count). The molecule has 0 radical (unpaired) electrons. The molecule has 0 saturated carbocycles. The fourth-order valence-corrected chi connectivity index (χ4v) is 3.21. The fourth-order valence-electron chi connectivity index (χ4n) is 3.21. The Balaban J connectivity index is 2.65. The van der Waals surface area contributed by atoms with Gasteiger partial charge in [0.25, 0.3) is 0 Å². The van der Waals surface area contributed by atoms with E-state index in [0.717, 1.165) is 0 Å². The highest BCUT2D eigenvalue weighted by Crippen LogP contribution is 2.33. The van der Waals surface area contributed by atoms with Crippen LogP contribution in [0.5, 0.6) is 0 Å². The summed E-state index contributed by atoms with van der Waals surface area (Å²) in [5.41, 5.74) is 8.29. The summed E-state index contributed by atoms with van der Waals surface area (Å²) in [6.45, 7) is 8.82. The van der Waals surface area contributed by atoms with Gasteiger partial charge in [-0.05, 0) is 69.6 Å². The van der Waals surface area contributed by atoms with Crippen molar-refractivity contribution in [1.29, 1.82) is 0 Å². The minimum absolute atomic E-state index is 0.316. The molecule has 0 N–H and O–H groups in total. The molecule has 2 aromatic carbocycles. The van der Waals surface area contributed by atoms with E-state index in [1.54, 1.807) is 0 Å². The lowest BCUT2D eigenvalue weighted by atomic mass is 9.87. The van der Waals surface area contributed by atoms with Crippen LogP contribution in [0, 0.1) is 27.7 Å². The van der Waals surface area contributed by atoms with Crippen molar-refractivity contribution in [2.75, 3.05) is 14.1 Å². The van der Waals surface area contributed by atoms with Crippen LogP contribution in [-0.4, -0.2) is 19.0 Å². The molecule has 106 valence electrons. The summed E-state index contributed by atoms with van der Waals surface area (Å²) in [7, 11) is 4.33. The van der Waals surface area contributed by atoms with E-state index in [1.165, 1.54) is 33.4 Å². The molecule has 0 heterocycles. The monoisotopic (exact) mass is 267 g/mol. The van der Waals surface area contributed by atoms with Crippen LogP contribution >= 0.6 is 0 Å². The Bertz CT molecular complexity index is 588.